The van der Waals surface area contributed by atoms with Crippen LogP contribution in [-0.4, -0.2) is 27.8 Å². The van der Waals surface area contributed by atoms with Crippen LogP contribution in [0.5, 0.6) is 0 Å². The number of aromatic nitrogens is 1. The summed E-state index contributed by atoms with van der Waals surface area (Å²) in [6.45, 7) is 16.1. The van der Waals surface area contributed by atoms with Crippen molar-refractivity contribution in [3.05, 3.63) is 33.8 Å². The first kappa shape index (κ1) is 30.4. The quantitative estimate of drug-likeness (QED) is 0.413. The molecule has 0 saturated carbocycles. The van der Waals surface area contributed by atoms with Gasteiger partial charge in [-0.15, -0.1) is 11.3 Å². The topological polar surface area (TPSA) is 67.3 Å². The third kappa shape index (κ3) is 10.8. The molecule has 0 amide bonds. The molecule has 1 aliphatic rings. The number of hydrogen-bond donors (Lipinski definition) is 1. The minimum absolute atomic E-state index is 0.0550. The van der Waals surface area contributed by atoms with E-state index in [1.54, 1.807) is 25.2 Å². The van der Waals surface area contributed by atoms with Crippen LogP contribution >= 0.6 is 11.3 Å². The Kier molecular flexibility index (Phi) is 13.2. The maximum atomic E-state index is 12.8. The van der Waals surface area contributed by atoms with E-state index in [9.17, 15) is 14.7 Å². The Labute approximate surface area is 212 Å². The van der Waals surface area contributed by atoms with Crippen molar-refractivity contribution in [2.45, 2.75) is 106 Å². The van der Waals surface area contributed by atoms with Gasteiger partial charge in [-0.05, 0) is 64.4 Å². The van der Waals surface area contributed by atoms with Crippen LogP contribution in [0.1, 0.15) is 104 Å². The molecule has 1 aliphatic carbocycles. The summed E-state index contributed by atoms with van der Waals surface area (Å²) in [5.74, 6) is 0.919. The van der Waals surface area contributed by atoms with E-state index in [1.807, 2.05) is 32.9 Å². The highest BCUT2D eigenvalue weighted by atomic mass is 32.1. The second-order valence-electron chi connectivity index (χ2n) is 10.8. The lowest BCUT2D eigenvalue weighted by Crippen LogP contribution is -2.41. The van der Waals surface area contributed by atoms with E-state index in [-0.39, 0.29) is 23.9 Å². The molecule has 2 rings (SSSR count). The Hall–Kier alpha value is -1.59. The van der Waals surface area contributed by atoms with Gasteiger partial charge in [0, 0.05) is 29.6 Å². The van der Waals surface area contributed by atoms with Gasteiger partial charge < -0.3 is 5.11 Å². The van der Waals surface area contributed by atoms with E-state index >= 15 is 0 Å². The zero-order valence-electron chi connectivity index (χ0n) is 22.7. The second kappa shape index (κ2) is 14.7. The summed E-state index contributed by atoms with van der Waals surface area (Å²) in [6, 6.07) is 0. The third-order valence-corrected chi connectivity index (χ3v) is 7.57. The van der Waals surface area contributed by atoms with Gasteiger partial charge in [0.15, 0.2) is 0 Å². The van der Waals surface area contributed by atoms with Crippen molar-refractivity contribution in [1.82, 2.24) is 4.98 Å². The highest BCUT2D eigenvalue weighted by Gasteiger charge is 2.39. The summed E-state index contributed by atoms with van der Waals surface area (Å²) in [7, 11) is 0. The van der Waals surface area contributed by atoms with Crippen LogP contribution in [0, 0.1) is 30.1 Å². The minimum Gasteiger partial charge on any atom is -0.392 e. The van der Waals surface area contributed by atoms with Crippen molar-refractivity contribution < 1.29 is 14.7 Å². The number of carbonyl (C=O) groups excluding carboxylic acids is 2. The molecular formula is C29H47NO3S. The highest BCUT2D eigenvalue weighted by molar-refractivity contribution is 7.09. The van der Waals surface area contributed by atoms with Crippen molar-refractivity contribution in [2.24, 2.45) is 23.2 Å². The number of Topliss-reactive ketones (excluding diaryl/α,β-unsaturated/α-hetero) is 2. The van der Waals surface area contributed by atoms with Crippen LogP contribution in [0.25, 0.3) is 6.08 Å². The van der Waals surface area contributed by atoms with Crippen LogP contribution < -0.4 is 0 Å². The van der Waals surface area contributed by atoms with Gasteiger partial charge in [-0.1, -0.05) is 58.8 Å². The number of thiazole rings is 1. The molecule has 3 unspecified atom stereocenters. The Balaban J connectivity index is 0.000000533. The molecule has 0 radical (unpaired) electrons. The summed E-state index contributed by atoms with van der Waals surface area (Å²) >= 11 is 1.68. The summed E-state index contributed by atoms with van der Waals surface area (Å²) in [4.78, 5) is 29.3. The van der Waals surface area contributed by atoms with Gasteiger partial charge >= 0.3 is 0 Å². The fraction of sp³-hybridized carbons (Fsp3) is 0.690. The molecule has 1 aromatic heterocycles. The van der Waals surface area contributed by atoms with E-state index in [1.165, 1.54) is 5.57 Å². The van der Waals surface area contributed by atoms with E-state index in [0.29, 0.717) is 18.3 Å². The Morgan fingerprint density at radius 1 is 1.12 bits per heavy atom. The zero-order valence-corrected chi connectivity index (χ0v) is 23.5. The third-order valence-electron chi connectivity index (χ3n) is 6.78. The molecule has 1 N–H and O–H groups in total. The lowest BCUT2D eigenvalue weighted by Gasteiger charge is -2.32. The van der Waals surface area contributed by atoms with E-state index in [4.69, 9.17) is 0 Å². The maximum Gasteiger partial charge on any atom is 0.143 e. The summed E-state index contributed by atoms with van der Waals surface area (Å²) in [5, 5.41) is 13.7. The van der Waals surface area contributed by atoms with Crippen molar-refractivity contribution in [1.29, 1.82) is 0 Å². The number of rotatable bonds is 1. The molecule has 1 aromatic rings. The molecular weight excluding hydrogens is 442 g/mol. The molecule has 0 saturated heterocycles. The van der Waals surface area contributed by atoms with Gasteiger partial charge in [0.2, 0.25) is 0 Å². The van der Waals surface area contributed by atoms with E-state index in [2.05, 4.69) is 37.2 Å². The average molecular weight is 490 g/mol. The summed E-state index contributed by atoms with van der Waals surface area (Å²) in [5.41, 5.74) is 1.60. The monoisotopic (exact) mass is 489 g/mol. The average Bonchev–Trinajstić information content (AvgIpc) is 3.16. The SMILES string of the molecule is C/C1=C/[C@H](C)CCC(=O)CC(O)C(C)(C)C(=O)C(C)CC(C)CCC1.C/C=C\c1csc(C)n1. The smallest absolute Gasteiger partial charge is 0.143 e. The highest BCUT2D eigenvalue weighted by Crippen LogP contribution is 2.32. The Morgan fingerprint density at radius 2 is 1.79 bits per heavy atom. The van der Waals surface area contributed by atoms with Gasteiger partial charge in [-0.25, -0.2) is 4.98 Å². The van der Waals surface area contributed by atoms with Gasteiger partial charge in [0.05, 0.1) is 16.8 Å². The number of aliphatic hydroxyl groups is 1. The molecule has 0 fully saturated rings. The van der Waals surface area contributed by atoms with Gasteiger partial charge in [-0.3, -0.25) is 9.59 Å². The lowest BCUT2D eigenvalue weighted by molar-refractivity contribution is -0.139. The molecule has 34 heavy (non-hydrogen) atoms. The van der Waals surface area contributed by atoms with Crippen LogP contribution in [0.4, 0.5) is 0 Å². The Morgan fingerprint density at radius 3 is 2.38 bits per heavy atom. The minimum atomic E-state index is -0.897. The van der Waals surface area contributed by atoms with Gasteiger partial charge in [-0.2, -0.15) is 0 Å². The molecule has 4 nitrogen and oxygen atoms in total. The van der Waals surface area contributed by atoms with Crippen LogP contribution in [0.3, 0.4) is 0 Å². The maximum absolute atomic E-state index is 12.8. The number of ketones is 2. The van der Waals surface area contributed by atoms with E-state index < -0.39 is 11.5 Å². The summed E-state index contributed by atoms with van der Waals surface area (Å²) in [6.07, 6.45) is 11.0. The largest absolute Gasteiger partial charge is 0.392 e. The second-order valence-corrected chi connectivity index (χ2v) is 11.9. The van der Waals surface area contributed by atoms with Gasteiger partial charge in [0.25, 0.3) is 0 Å². The molecule has 0 aromatic carbocycles. The number of carbonyl (C=O) groups is 2. The molecule has 192 valence electrons. The van der Waals surface area contributed by atoms with Crippen molar-refractivity contribution in [3.8, 4) is 0 Å². The number of nitrogens with zero attached hydrogens (tertiary/aromatic N) is 1. The molecule has 0 spiro atoms. The van der Waals surface area contributed by atoms with Crippen LogP contribution in [0.15, 0.2) is 23.1 Å². The van der Waals surface area contributed by atoms with Crippen LogP contribution in [0.2, 0.25) is 0 Å². The molecule has 0 bridgehead atoms. The number of aliphatic hydroxyl groups excluding tert-OH is 1. The first-order chi connectivity index (χ1) is 15.9. The predicted octanol–water partition coefficient (Wildman–Crippen LogP) is 7.60. The number of aryl methyl sites for hydroxylation is 1. The van der Waals surface area contributed by atoms with Crippen molar-refractivity contribution in [3.63, 3.8) is 0 Å². The molecule has 5 heteroatoms. The van der Waals surface area contributed by atoms with Gasteiger partial charge in [0.1, 0.15) is 11.6 Å². The number of allylic oxidation sites excluding steroid dienone is 3. The van der Waals surface area contributed by atoms with E-state index in [0.717, 1.165) is 42.8 Å². The molecule has 0 aliphatic heterocycles. The first-order valence-corrected chi connectivity index (χ1v) is 13.7. The van der Waals surface area contributed by atoms with Crippen molar-refractivity contribution >= 4 is 29.0 Å². The van der Waals surface area contributed by atoms with Crippen molar-refractivity contribution in [2.75, 3.05) is 0 Å². The van der Waals surface area contributed by atoms with Crippen LogP contribution in [-0.2, 0) is 9.59 Å². The normalized spacial score (nSPS) is 29.3. The first-order valence-electron chi connectivity index (χ1n) is 12.8. The fourth-order valence-electron chi connectivity index (χ4n) is 4.60. The lowest BCUT2D eigenvalue weighted by atomic mass is 9.73. The fourth-order valence-corrected chi connectivity index (χ4v) is 5.18. The Bertz CT molecular complexity index is 836. The molecule has 1 heterocycles. The zero-order chi connectivity index (χ0) is 25.9. The standard InChI is InChI=1S/C22H38O3.C7H9NS/c1-15-8-7-9-16(2)13-18(4)21(25)22(5,6)20(24)14-19(23)11-10-17(3)12-15;1-3-4-7-5-9-6(2)8-7/h12,16-18,20,24H,7-11,13-14H2,1-6H3;3-5H,1-2H3/b15-12-;4-3-/t16?,17-,18?,20?;/m1./s1. The number of hydrogen-bond acceptors (Lipinski definition) is 5. The predicted molar refractivity (Wildman–Crippen MR) is 145 cm³/mol. The summed E-state index contributed by atoms with van der Waals surface area (Å²) < 4.78 is 0. The molecule has 4 atom stereocenters.